The summed E-state index contributed by atoms with van der Waals surface area (Å²) < 4.78 is 36.7. The quantitative estimate of drug-likeness (QED) is 0.390. The molecule has 0 nitrogen and oxygen atoms in total. The van der Waals surface area contributed by atoms with Gasteiger partial charge in [0.1, 0.15) is 8.07 Å². The Kier molecular flexibility index (Phi) is 6.24. The van der Waals surface area contributed by atoms with Crippen LogP contribution in [0.15, 0.2) is 0 Å². The molecule has 0 aromatic carbocycles. The first-order valence-electron chi connectivity index (χ1n) is 5.25. The van der Waals surface area contributed by atoms with E-state index in [1.807, 2.05) is 0 Å². The topological polar surface area (TPSA) is 0 Å². The van der Waals surface area contributed by atoms with E-state index in [1.165, 1.54) is 0 Å². The standard InChI is InChI=1S/C9H15BrCl3F3Si/c1-4-17(5-2,6-3)8(10,16)7(14,15)9(11,12)13/h4-6H2,1-3H3. The average Bonchev–Trinajstić information content (AvgIpc) is 2.19. The van der Waals surface area contributed by atoms with E-state index in [1.54, 1.807) is 20.8 Å². The van der Waals surface area contributed by atoms with E-state index in [4.69, 9.17) is 34.8 Å². The van der Waals surface area contributed by atoms with Crippen LogP contribution in [-0.2, 0) is 0 Å². The molecule has 104 valence electrons. The van der Waals surface area contributed by atoms with Crippen molar-refractivity contribution < 1.29 is 13.2 Å². The van der Waals surface area contributed by atoms with Crippen LogP contribution in [0.4, 0.5) is 13.2 Å². The zero-order valence-corrected chi connectivity index (χ0v) is 14.6. The molecule has 17 heavy (non-hydrogen) atoms. The summed E-state index contributed by atoms with van der Waals surface area (Å²) in [4.78, 5) is 0. The molecule has 1 atom stereocenters. The van der Waals surface area contributed by atoms with Crippen molar-refractivity contribution in [2.45, 2.75) is 52.8 Å². The molecule has 0 aliphatic rings. The van der Waals surface area contributed by atoms with Gasteiger partial charge in [-0.1, -0.05) is 73.7 Å². The minimum absolute atomic E-state index is 0.345. The molecule has 0 saturated heterocycles. The third kappa shape index (κ3) is 2.93. The van der Waals surface area contributed by atoms with Crippen molar-refractivity contribution in [1.82, 2.24) is 0 Å². The first kappa shape index (κ1) is 18.4. The van der Waals surface area contributed by atoms with E-state index in [0.717, 1.165) is 0 Å². The van der Waals surface area contributed by atoms with Gasteiger partial charge < -0.3 is 0 Å². The molecule has 0 heterocycles. The molecular weight excluding hydrogens is 379 g/mol. The predicted molar refractivity (Wildman–Crippen MR) is 75.2 cm³/mol. The van der Waals surface area contributed by atoms with E-state index in [0.29, 0.717) is 18.1 Å². The third-order valence-electron chi connectivity index (χ3n) is 3.45. The lowest BCUT2D eigenvalue weighted by atomic mass is 10.4. The highest BCUT2D eigenvalue weighted by Gasteiger charge is 2.72. The summed E-state index contributed by atoms with van der Waals surface area (Å²) in [6.07, 6.45) is 0. The summed E-state index contributed by atoms with van der Waals surface area (Å²) in [6, 6.07) is 1.04. The van der Waals surface area contributed by atoms with Crippen LogP contribution in [0.5, 0.6) is 0 Å². The maximum atomic E-state index is 14.7. The number of alkyl halides is 7. The first-order chi connectivity index (χ1) is 7.43. The Morgan fingerprint density at radius 2 is 1.24 bits per heavy atom. The van der Waals surface area contributed by atoms with Crippen molar-refractivity contribution in [3.05, 3.63) is 0 Å². The fraction of sp³-hybridized carbons (Fsp3) is 1.00. The highest BCUT2D eigenvalue weighted by Crippen LogP contribution is 2.58. The van der Waals surface area contributed by atoms with Crippen LogP contribution >= 0.6 is 50.7 Å². The van der Waals surface area contributed by atoms with Gasteiger partial charge in [-0.2, -0.15) is 8.78 Å². The van der Waals surface area contributed by atoms with Gasteiger partial charge in [-0.3, -0.25) is 0 Å². The first-order valence-corrected chi connectivity index (χ1v) is 9.80. The monoisotopic (exact) mass is 392 g/mol. The molecule has 0 aromatic rings. The molecule has 0 N–H and O–H groups in total. The second-order valence-corrected chi connectivity index (χ2v) is 13.5. The summed E-state index contributed by atoms with van der Waals surface area (Å²) in [5, 5.41) is 0. The minimum Gasteiger partial charge on any atom is -0.229 e. The van der Waals surface area contributed by atoms with Gasteiger partial charge in [0.2, 0.25) is 4.20 Å². The number of hydrogen-bond acceptors (Lipinski definition) is 0. The zero-order valence-electron chi connectivity index (χ0n) is 9.77. The largest absolute Gasteiger partial charge is 0.333 e. The Hall–Kier alpha value is 1.36. The molecule has 0 aromatic heterocycles. The van der Waals surface area contributed by atoms with Crippen LogP contribution < -0.4 is 0 Å². The van der Waals surface area contributed by atoms with Crippen molar-refractivity contribution in [2.24, 2.45) is 0 Å². The molecule has 0 spiro atoms. The predicted octanol–water partition coefficient (Wildman–Crippen LogP) is 6.10. The number of halogens is 7. The maximum Gasteiger partial charge on any atom is 0.333 e. The van der Waals surface area contributed by atoms with Gasteiger partial charge in [-0.15, -0.1) is 0 Å². The molecule has 0 aliphatic carbocycles. The smallest absolute Gasteiger partial charge is 0.229 e. The summed E-state index contributed by atoms with van der Waals surface area (Å²) in [6.45, 7) is 5.09. The van der Waals surface area contributed by atoms with Gasteiger partial charge >= 0.3 is 5.92 Å². The fourth-order valence-electron chi connectivity index (χ4n) is 1.93. The Morgan fingerprint density at radius 1 is 0.941 bits per heavy atom. The molecule has 0 bridgehead atoms. The minimum atomic E-state index is -4.07. The summed E-state index contributed by atoms with van der Waals surface area (Å²) in [5.41, 5.74) is 0. The highest BCUT2D eigenvalue weighted by molar-refractivity contribution is 9.10. The molecule has 0 saturated carbocycles. The van der Waals surface area contributed by atoms with E-state index in [2.05, 4.69) is 15.9 Å². The normalized spacial score (nSPS) is 18.0. The van der Waals surface area contributed by atoms with Crippen LogP contribution in [-0.4, -0.2) is 22.0 Å². The van der Waals surface area contributed by atoms with Crippen molar-refractivity contribution in [2.75, 3.05) is 0 Å². The van der Waals surface area contributed by atoms with Gasteiger partial charge in [-0.25, -0.2) is 4.39 Å². The third-order valence-corrected chi connectivity index (χ3v) is 12.9. The van der Waals surface area contributed by atoms with Crippen molar-refractivity contribution in [1.29, 1.82) is 0 Å². The summed E-state index contributed by atoms with van der Waals surface area (Å²) in [7, 11) is -2.94. The SMILES string of the molecule is CC[Si](CC)(CC)C(F)(Br)C(F)(F)C(Cl)(Cl)Cl. The van der Waals surface area contributed by atoms with Gasteiger partial charge in [0.05, 0.1) is 0 Å². The van der Waals surface area contributed by atoms with Crippen molar-refractivity contribution in [3.63, 3.8) is 0 Å². The molecule has 8 heteroatoms. The summed E-state index contributed by atoms with van der Waals surface area (Å²) in [5.74, 6) is -4.07. The van der Waals surface area contributed by atoms with Crippen LogP contribution in [0.2, 0.25) is 18.1 Å². The van der Waals surface area contributed by atoms with Gasteiger partial charge in [0.15, 0.2) is 0 Å². The second kappa shape index (κ2) is 5.78. The highest BCUT2D eigenvalue weighted by atomic mass is 79.9. The van der Waals surface area contributed by atoms with Crippen LogP contribution in [0, 0.1) is 0 Å². The number of rotatable bonds is 5. The molecule has 1 unspecified atom stereocenters. The van der Waals surface area contributed by atoms with Crippen molar-refractivity contribution in [3.8, 4) is 0 Å². The Balaban J connectivity index is 5.67. The molecule has 0 amide bonds. The zero-order chi connectivity index (χ0) is 14.1. The lowest BCUT2D eigenvalue weighted by molar-refractivity contribution is -0.0537. The lowest BCUT2D eigenvalue weighted by Gasteiger charge is -2.44. The molecule has 0 rings (SSSR count). The van der Waals surface area contributed by atoms with Gasteiger partial charge in [-0.05, 0) is 15.9 Å². The van der Waals surface area contributed by atoms with Crippen molar-refractivity contribution >= 4 is 58.8 Å². The van der Waals surface area contributed by atoms with E-state index >= 15 is 0 Å². The van der Waals surface area contributed by atoms with Crippen LogP contribution in [0.3, 0.4) is 0 Å². The molecule has 0 aliphatic heterocycles. The fourth-order valence-corrected chi connectivity index (χ4v) is 9.40. The molecule has 0 fully saturated rings. The average molecular weight is 395 g/mol. The van der Waals surface area contributed by atoms with Gasteiger partial charge in [0.25, 0.3) is 3.79 Å². The lowest BCUT2D eigenvalue weighted by Crippen LogP contribution is -2.64. The van der Waals surface area contributed by atoms with E-state index in [-0.39, 0.29) is 0 Å². The second-order valence-electron chi connectivity index (χ2n) is 3.99. The Labute approximate surface area is 124 Å². The van der Waals surface area contributed by atoms with E-state index < -0.39 is 22.0 Å². The Morgan fingerprint density at radius 3 is 1.41 bits per heavy atom. The Bertz CT molecular complexity index is 252. The van der Waals surface area contributed by atoms with Gasteiger partial charge in [0, 0.05) is 0 Å². The van der Waals surface area contributed by atoms with Crippen LogP contribution in [0.1, 0.15) is 20.8 Å². The maximum absolute atomic E-state index is 14.7. The molecule has 0 radical (unpaired) electrons. The summed E-state index contributed by atoms with van der Waals surface area (Å²) >= 11 is 18.2. The number of hydrogen-bond donors (Lipinski definition) is 0. The van der Waals surface area contributed by atoms with Crippen LogP contribution in [0.25, 0.3) is 0 Å². The molecular formula is C9H15BrCl3F3Si. The van der Waals surface area contributed by atoms with E-state index in [9.17, 15) is 13.2 Å².